The number of ether oxygens (including phenoxy) is 2. The monoisotopic (exact) mass is 336 g/mol. The number of carbonyl (C=O) groups is 1. The molecule has 3 aromatic rings. The van der Waals surface area contributed by atoms with Gasteiger partial charge in [-0.25, -0.2) is 4.39 Å². The van der Waals surface area contributed by atoms with E-state index in [4.69, 9.17) is 13.9 Å². The smallest absolute Gasteiger partial charge is 0.232 e. The highest BCUT2D eigenvalue weighted by Gasteiger charge is 2.28. The minimum absolute atomic E-state index is 0.0918. The molecule has 124 valence electrons. The Balaban J connectivity index is 1.52. The first-order chi connectivity index (χ1) is 12.2. The molecule has 2 aromatic carbocycles. The van der Waals surface area contributed by atoms with Crippen LogP contribution in [0.1, 0.15) is 21.7 Å². The molecule has 1 aliphatic rings. The van der Waals surface area contributed by atoms with E-state index in [0.29, 0.717) is 28.4 Å². The molecule has 1 aromatic heterocycles. The summed E-state index contributed by atoms with van der Waals surface area (Å²) in [6.07, 6.45) is 3.07. The number of carbonyl (C=O) groups excluding carboxylic acids is 1. The normalized spacial score (nSPS) is 14.4. The van der Waals surface area contributed by atoms with Gasteiger partial charge < -0.3 is 13.9 Å². The minimum atomic E-state index is -0.321. The van der Waals surface area contributed by atoms with Gasteiger partial charge in [-0.1, -0.05) is 18.2 Å². The fraction of sp³-hybridized carbons (Fsp3) is 0.0500. The molecule has 5 heteroatoms. The van der Waals surface area contributed by atoms with Crippen LogP contribution in [0.3, 0.4) is 0 Å². The van der Waals surface area contributed by atoms with E-state index in [2.05, 4.69) is 0 Å². The molecule has 0 aliphatic carbocycles. The lowest BCUT2D eigenvalue weighted by Crippen LogP contribution is -1.98. The summed E-state index contributed by atoms with van der Waals surface area (Å²) in [5, 5.41) is 0. The largest absolute Gasteiger partial charge is 0.489 e. The number of rotatable bonds is 4. The average Bonchev–Trinajstić information content (AvgIpc) is 3.23. The zero-order valence-corrected chi connectivity index (χ0v) is 13.1. The molecule has 0 unspecified atom stereocenters. The minimum Gasteiger partial charge on any atom is -0.489 e. The van der Waals surface area contributed by atoms with Gasteiger partial charge in [0.2, 0.25) is 5.78 Å². The molecule has 0 saturated carbocycles. The molecule has 0 fully saturated rings. The molecule has 0 amide bonds. The van der Waals surface area contributed by atoms with E-state index in [-0.39, 0.29) is 24.0 Å². The summed E-state index contributed by atoms with van der Waals surface area (Å²) in [5.41, 5.74) is 0.912. The number of benzene rings is 2. The quantitative estimate of drug-likeness (QED) is 0.653. The van der Waals surface area contributed by atoms with Crippen LogP contribution < -0.4 is 9.47 Å². The second kappa shape index (κ2) is 6.28. The van der Waals surface area contributed by atoms with Gasteiger partial charge in [0.25, 0.3) is 0 Å². The van der Waals surface area contributed by atoms with Crippen molar-refractivity contribution in [2.24, 2.45) is 0 Å². The molecule has 0 spiro atoms. The highest BCUT2D eigenvalue weighted by atomic mass is 19.1. The van der Waals surface area contributed by atoms with Gasteiger partial charge in [0.1, 0.15) is 29.7 Å². The summed E-state index contributed by atoms with van der Waals surface area (Å²) in [7, 11) is 0. The molecule has 4 nitrogen and oxygen atoms in total. The summed E-state index contributed by atoms with van der Waals surface area (Å²) in [6, 6.07) is 14.8. The molecule has 0 atom stereocenters. The van der Waals surface area contributed by atoms with E-state index >= 15 is 0 Å². The van der Waals surface area contributed by atoms with E-state index < -0.39 is 0 Å². The highest BCUT2D eigenvalue weighted by molar-refractivity contribution is 6.14. The van der Waals surface area contributed by atoms with E-state index in [9.17, 15) is 9.18 Å². The summed E-state index contributed by atoms with van der Waals surface area (Å²) in [4.78, 5) is 12.3. The number of fused-ring (bicyclic) bond motifs is 1. The Morgan fingerprint density at radius 2 is 1.96 bits per heavy atom. The lowest BCUT2D eigenvalue weighted by Gasteiger charge is -2.08. The third-order valence-electron chi connectivity index (χ3n) is 3.81. The first kappa shape index (κ1) is 15.2. The Hall–Kier alpha value is -3.34. The Labute approximate surface area is 143 Å². The van der Waals surface area contributed by atoms with Crippen LogP contribution in [-0.2, 0) is 6.61 Å². The van der Waals surface area contributed by atoms with Crippen LogP contribution in [0.5, 0.6) is 11.5 Å². The van der Waals surface area contributed by atoms with E-state index in [1.807, 2.05) is 0 Å². The molecule has 4 rings (SSSR count). The predicted molar refractivity (Wildman–Crippen MR) is 88.8 cm³/mol. The summed E-state index contributed by atoms with van der Waals surface area (Å²) in [6.45, 7) is 0.0918. The van der Waals surface area contributed by atoms with Gasteiger partial charge in [-0.15, -0.1) is 0 Å². The van der Waals surface area contributed by atoms with Crippen LogP contribution in [0.4, 0.5) is 4.39 Å². The zero-order chi connectivity index (χ0) is 17.2. The van der Waals surface area contributed by atoms with Crippen LogP contribution in [-0.4, -0.2) is 5.78 Å². The van der Waals surface area contributed by atoms with Crippen molar-refractivity contribution in [3.8, 4) is 11.5 Å². The highest BCUT2D eigenvalue weighted by Crippen LogP contribution is 2.35. The second-order valence-electron chi connectivity index (χ2n) is 5.49. The van der Waals surface area contributed by atoms with Crippen molar-refractivity contribution in [3.05, 3.63) is 89.3 Å². The topological polar surface area (TPSA) is 48.7 Å². The number of ketones is 1. The number of furan rings is 1. The van der Waals surface area contributed by atoms with Gasteiger partial charge in [-0.2, -0.15) is 0 Å². The van der Waals surface area contributed by atoms with Crippen molar-refractivity contribution in [1.29, 1.82) is 0 Å². The predicted octanol–water partition coefficient (Wildman–Crippen LogP) is 4.61. The van der Waals surface area contributed by atoms with Gasteiger partial charge in [0.15, 0.2) is 5.76 Å². The molecule has 0 bridgehead atoms. The lowest BCUT2D eigenvalue weighted by molar-refractivity contribution is 0.101. The third-order valence-corrected chi connectivity index (χ3v) is 3.81. The molecule has 1 aliphatic heterocycles. The van der Waals surface area contributed by atoms with E-state index in [1.54, 1.807) is 54.6 Å². The number of hydrogen-bond donors (Lipinski definition) is 0. The number of halogens is 1. The molecular formula is C20H13FO4. The molecule has 0 saturated heterocycles. The van der Waals surface area contributed by atoms with Crippen molar-refractivity contribution >= 4 is 11.9 Å². The van der Waals surface area contributed by atoms with Crippen LogP contribution in [0.15, 0.2) is 71.0 Å². The molecule has 25 heavy (non-hydrogen) atoms. The summed E-state index contributed by atoms with van der Waals surface area (Å²) < 4.78 is 30.0. The standard InChI is InChI=1S/C20H13FO4/c21-17-6-2-1-4-13(17)12-24-15-7-8-16-18(10-15)25-19(20(16)22)11-14-5-3-9-23-14/h1-11H,12H2/b19-11-. The Kier molecular flexibility index (Phi) is 3.82. The maximum Gasteiger partial charge on any atom is 0.232 e. The zero-order valence-electron chi connectivity index (χ0n) is 13.1. The van der Waals surface area contributed by atoms with Crippen molar-refractivity contribution in [1.82, 2.24) is 0 Å². The van der Waals surface area contributed by atoms with Gasteiger partial charge in [0.05, 0.1) is 11.8 Å². The maximum atomic E-state index is 13.6. The van der Waals surface area contributed by atoms with Gasteiger partial charge in [0, 0.05) is 17.7 Å². The van der Waals surface area contributed by atoms with Crippen molar-refractivity contribution in [3.63, 3.8) is 0 Å². The maximum absolute atomic E-state index is 13.6. The Bertz CT molecular complexity index is 958. The van der Waals surface area contributed by atoms with Gasteiger partial charge >= 0.3 is 0 Å². The van der Waals surface area contributed by atoms with E-state index in [0.717, 1.165) is 0 Å². The molecular weight excluding hydrogens is 323 g/mol. The van der Waals surface area contributed by atoms with Crippen LogP contribution in [0, 0.1) is 5.82 Å². The Morgan fingerprint density at radius 3 is 2.76 bits per heavy atom. The lowest BCUT2D eigenvalue weighted by atomic mass is 10.1. The first-order valence-corrected chi connectivity index (χ1v) is 7.69. The first-order valence-electron chi connectivity index (χ1n) is 7.69. The molecule has 0 radical (unpaired) electrons. The molecule has 0 N–H and O–H groups in total. The van der Waals surface area contributed by atoms with Crippen LogP contribution in [0.25, 0.3) is 6.08 Å². The van der Waals surface area contributed by atoms with Crippen molar-refractivity contribution in [2.75, 3.05) is 0 Å². The summed E-state index contributed by atoms with van der Waals surface area (Å²) >= 11 is 0. The van der Waals surface area contributed by atoms with E-state index in [1.165, 1.54) is 12.3 Å². The van der Waals surface area contributed by atoms with Gasteiger partial charge in [-0.3, -0.25) is 4.79 Å². The van der Waals surface area contributed by atoms with Crippen LogP contribution >= 0.6 is 0 Å². The Morgan fingerprint density at radius 1 is 1.08 bits per heavy atom. The average molecular weight is 336 g/mol. The van der Waals surface area contributed by atoms with Crippen molar-refractivity contribution in [2.45, 2.75) is 6.61 Å². The number of allylic oxidation sites excluding steroid dienone is 1. The third kappa shape index (κ3) is 3.04. The number of hydrogen-bond acceptors (Lipinski definition) is 4. The molecule has 2 heterocycles. The van der Waals surface area contributed by atoms with Crippen LogP contribution in [0.2, 0.25) is 0 Å². The summed E-state index contributed by atoms with van der Waals surface area (Å²) in [5.74, 6) is 1.09. The fourth-order valence-electron chi connectivity index (χ4n) is 2.54. The SMILES string of the molecule is O=C1/C(=C/c2ccco2)Oc2cc(OCc3ccccc3F)ccc21. The fourth-order valence-corrected chi connectivity index (χ4v) is 2.54. The number of Topliss-reactive ketones (excluding diaryl/α,β-unsaturated/α-hetero) is 1. The van der Waals surface area contributed by atoms with Gasteiger partial charge in [-0.05, 0) is 30.3 Å². The second-order valence-corrected chi connectivity index (χ2v) is 5.49. The van der Waals surface area contributed by atoms with Crippen molar-refractivity contribution < 1.29 is 23.1 Å².